The number of aromatic amines is 1. The normalized spacial score (nSPS) is 11.0. The highest BCUT2D eigenvalue weighted by Crippen LogP contribution is 2.22. The van der Waals surface area contributed by atoms with Crippen LogP contribution in [0.3, 0.4) is 0 Å². The minimum absolute atomic E-state index is 0.425. The lowest BCUT2D eigenvalue weighted by atomic mass is 10.2. The lowest BCUT2D eigenvalue weighted by Crippen LogP contribution is -1.96. The fourth-order valence-electron chi connectivity index (χ4n) is 2.10. The Labute approximate surface area is 146 Å². The number of ether oxygens (including phenoxy) is 1. The topological polar surface area (TPSA) is 55.2 Å². The third-order valence-corrected chi connectivity index (χ3v) is 3.94. The standard InChI is InChI=1S/C16H13BrN4OS/c1-22-14-8-7-13(17)9-12(14)10-18-21-15(19-20-16(21)23)11-5-3-2-4-6-11/h2-10H,1H3,(H,20,23). The predicted molar refractivity (Wildman–Crippen MR) is 96.5 cm³/mol. The summed E-state index contributed by atoms with van der Waals surface area (Å²) in [6.07, 6.45) is 1.70. The van der Waals surface area contributed by atoms with Gasteiger partial charge >= 0.3 is 0 Å². The van der Waals surface area contributed by atoms with E-state index in [1.54, 1.807) is 18.0 Å². The molecule has 7 heteroatoms. The van der Waals surface area contributed by atoms with Gasteiger partial charge in [-0.15, -0.1) is 0 Å². The van der Waals surface area contributed by atoms with Crippen molar-refractivity contribution in [1.82, 2.24) is 14.9 Å². The van der Waals surface area contributed by atoms with E-state index in [1.807, 2.05) is 48.5 Å². The number of H-pyrrole nitrogens is 1. The molecule has 0 saturated carbocycles. The smallest absolute Gasteiger partial charge is 0.216 e. The van der Waals surface area contributed by atoms with Crippen LogP contribution in [-0.4, -0.2) is 28.2 Å². The second-order valence-corrected chi connectivity index (χ2v) is 5.96. The van der Waals surface area contributed by atoms with Crippen molar-refractivity contribution in [3.63, 3.8) is 0 Å². The highest BCUT2D eigenvalue weighted by molar-refractivity contribution is 9.10. The molecule has 116 valence electrons. The maximum absolute atomic E-state index is 5.34. The first-order valence-corrected chi connectivity index (χ1v) is 8.00. The molecule has 0 radical (unpaired) electrons. The van der Waals surface area contributed by atoms with Crippen molar-refractivity contribution >= 4 is 34.4 Å². The largest absolute Gasteiger partial charge is 0.496 e. The van der Waals surface area contributed by atoms with Crippen LogP contribution in [0.1, 0.15) is 5.56 Å². The van der Waals surface area contributed by atoms with Gasteiger partial charge in [-0.3, -0.25) is 0 Å². The van der Waals surface area contributed by atoms with Crippen molar-refractivity contribution in [2.75, 3.05) is 7.11 Å². The number of benzene rings is 2. The first-order chi connectivity index (χ1) is 11.2. The molecule has 23 heavy (non-hydrogen) atoms. The number of rotatable bonds is 4. The van der Waals surface area contributed by atoms with Crippen molar-refractivity contribution < 1.29 is 4.74 Å². The molecule has 5 nitrogen and oxygen atoms in total. The molecule has 1 N–H and O–H groups in total. The molecular formula is C16H13BrN4OS. The predicted octanol–water partition coefficient (Wildman–Crippen LogP) is 4.26. The second-order valence-electron chi connectivity index (χ2n) is 4.66. The first-order valence-electron chi connectivity index (χ1n) is 6.80. The van der Waals surface area contributed by atoms with E-state index in [1.165, 1.54) is 0 Å². The van der Waals surface area contributed by atoms with Crippen molar-refractivity contribution in [3.8, 4) is 17.1 Å². The second kappa shape index (κ2) is 6.89. The van der Waals surface area contributed by atoms with E-state index in [-0.39, 0.29) is 0 Å². The fourth-order valence-corrected chi connectivity index (χ4v) is 2.66. The number of halogens is 1. The van der Waals surface area contributed by atoms with Gasteiger partial charge in [0.05, 0.1) is 13.3 Å². The van der Waals surface area contributed by atoms with Gasteiger partial charge in [0.1, 0.15) is 5.75 Å². The van der Waals surface area contributed by atoms with E-state index in [0.717, 1.165) is 21.3 Å². The van der Waals surface area contributed by atoms with Crippen LogP contribution in [-0.2, 0) is 0 Å². The summed E-state index contributed by atoms with van der Waals surface area (Å²) in [5.41, 5.74) is 1.77. The molecule has 0 saturated heterocycles. The summed E-state index contributed by atoms with van der Waals surface area (Å²) in [4.78, 5) is 0. The highest BCUT2D eigenvalue weighted by Gasteiger charge is 2.08. The van der Waals surface area contributed by atoms with Gasteiger partial charge in [0, 0.05) is 15.6 Å². The molecule has 0 aliphatic carbocycles. The first kappa shape index (κ1) is 15.6. The number of hydrogen-bond donors (Lipinski definition) is 1. The summed E-state index contributed by atoms with van der Waals surface area (Å²) in [5.74, 6) is 1.38. The molecule has 2 aromatic carbocycles. The maximum Gasteiger partial charge on any atom is 0.216 e. The molecule has 1 heterocycles. The van der Waals surface area contributed by atoms with Crippen LogP contribution in [0, 0.1) is 4.77 Å². The number of methoxy groups -OCH3 is 1. The lowest BCUT2D eigenvalue weighted by Gasteiger charge is -2.05. The Balaban J connectivity index is 2.03. The summed E-state index contributed by atoms with van der Waals surface area (Å²) in [6.45, 7) is 0. The van der Waals surface area contributed by atoms with Gasteiger partial charge < -0.3 is 4.74 Å². The van der Waals surface area contributed by atoms with Crippen LogP contribution in [0.5, 0.6) is 5.75 Å². The van der Waals surface area contributed by atoms with Crippen molar-refractivity contribution in [2.24, 2.45) is 5.10 Å². The van der Waals surface area contributed by atoms with Gasteiger partial charge in [-0.25, -0.2) is 5.10 Å². The maximum atomic E-state index is 5.34. The number of nitrogens with zero attached hydrogens (tertiary/aromatic N) is 3. The van der Waals surface area contributed by atoms with Gasteiger partial charge in [-0.2, -0.15) is 14.9 Å². The summed E-state index contributed by atoms with van der Waals surface area (Å²) in [6, 6.07) is 15.5. The van der Waals surface area contributed by atoms with Crippen LogP contribution in [0.2, 0.25) is 0 Å². The van der Waals surface area contributed by atoms with E-state index in [2.05, 4.69) is 31.2 Å². The van der Waals surface area contributed by atoms with E-state index in [0.29, 0.717) is 10.6 Å². The summed E-state index contributed by atoms with van der Waals surface area (Å²) in [7, 11) is 1.62. The van der Waals surface area contributed by atoms with Gasteiger partial charge in [0.15, 0.2) is 5.82 Å². The van der Waals surface area contributed by atoms with Crippen LogP contribution >= 0.6 is 28.1 Å². The third kappa shape index (κ3) is 3.40. The molecular weight excluding hydrogens is 376 g/mol. The van der Waals surface area contributed by atoms with Gasteiger partial charge in [0.25, 0.3) is 0 Å². The van der Waals surface area contributed by atoms with Crippen molar-refractivity contribution in [3.05, 3.63) is 63.3 Å². The zero-order chi connectivity index (χ0) is 16.2. The molecule has 0 atom stereocenters. The summed E-state index contributed by atoms with van der Waals surface area (Å²) >= 11 is 8.71. The highest BCUT2D eigenvalue weighted by atomic mass is 79.9. The Bertz CT molecular complexity index is 902. The van der Waals surface area contributed by atoms with Gasteiger partial charge in [-0.05, 0) is 30.4 Å². The van der Waals surface area contributed by atoms with Crippen molar-refractivity contribution in [2.45, 2.75) is 0 Å². The number of hydrogen-bond acceptors (Lipinski definition) is 4. The summed E-state index contributed by atoms with van der Waals surface area (Å²) < 4.78 is 8.30. The molecule has 0 bridgehead atoms. The van der Waals surface area contributed by atoms with E-state index in [4.69, 9.17) is 17.0 Å². The monoisotopic (exact) mass is 388 g/mol. The average molecular weight is 389 g/mol. The van der Waals surface area contributed by atoms with E-state index < -0.39 is 0 Å². The lowest BCUT2D eigenvalue weighted by molar-refractivity contribution is 0.414. The molecule has 3 aromatic rings. The van der Waals surface area contributed by atoms with Gasteiger partial charge in [-0.1, -0.05) is 46.3 Å². The zero-order valence-electron chi connectivity index (χ0n) is 12.2. The minimum atomic E-state index is 0.425. The van der Waals surface area contributed by atoms with E-state index >= 15 is 0 Å². The molecule has 0 amide bonds. The Hall–Kier alpha value is -2.25. The van der Waals surface area contributed by atoms with Crippen molar-refractivity contribution in [1.29, 1.82) is 0 Å². The van der Waals surface area contributed by atoms with Gasteiger partial charge in [0.2, 0.25) is 4.77 Å². The van der Waals surface area contributed by atoms with Crippen LogP contribution in [0.25, 0.3) is 11.4 Å². The molecule has 0 unspecified atom stereocenters. The minimum Gasteiger partial charge on any atom is -0.496 e. The Kier molecular flexibility index (Phi) is 4.68. The molecule has 0 aliphatic heterocycles. The molecule has 3 rings (SSSR count). The zero-order valence-corrected chi connectivity index (χ0v) is 14.6. The Morgan fingerprint density at radius 1 is 1.26 bits per heavy atom. The average Bonchev–Trinajstić information content (AvgIpc) is 2.94. The third-order valence-electron chi connectivity index (χ3n) is 3.19. The van der Waals surface area contributed by atoms with Crippen LogP contribution in [0.4, 0.5) is 0 Å². The van der Waals surface area contributed by atoms with Crippen LogP contribution in [0.15, 0.2) is 58.1 Å². The SMILES string of the molecule is COc1ccc(Br)cc1C=Nn1c(-c2ccccc2)n[nH]c1=S. The number of aromatic nitrogens is 3. The number of nitrogens with one attached hydrogen (secondary N) is 1. The Morgan fingerprint density at radius 3 is 2.78 bits per heavy atom. The molecule has 1 aromatic heterocycles. The van der Waals surface area contributed by atoms with E-state index in [9.17, 15) is 0 Å². The molecule has 0 aliphatic rings. The van der Waals surface area contributed by atoms with Crippen LogP contribution < -0.4 is 4.74 Å². The quantitative estimate of drug-likeness (QED) is 0.536. The fraction of sp³-hybridized carbons (Fsp3) is 0.0625. The Morgan fingerprint density at radius 2 is 2.04 bits per heavy atom. The molecule has 0 spiro atoms. The molecule has 0 fully saturated rings. The summed E-state index contributed by atoms with van der Waals surface area (Å²) in [5, 5.41) is 11.5.